The summed E-state index contributed by atoms with van der Waals surface area (Å²) in [5.74, 6) is 2.58. The van der Waals surface area contributed by atoms with E-state index in [2.05, 4.69) is 20.1 Å². The molecule has 1 aromatic heterocycles. The van der Waals surface area contributed by atoms with Crippen LogP contribution in [0.3, 0.4) is 0 Å². The van der Waals surface area contributed by atoms with Gasteiger partial charge >= 0.3 is 0 Å². The van der Waals surface area contributed by atoms with Gasteiger partial charge < -0.3 is 14.6 Å². The molecule has 1 aromatic carbocycles. The fraction of sp³-hybridized carbons (Fsp3) is 0.471. The van der Waals surface area contributed by atoms with Gasteiger partial charge in [-0.2, -0.15) is 0 Å². The summed E-state index contributed by atoms with van der Waals surface area (Å²) in [7, 11) is 0. The molecule has 1 N–H and O–H groups in total. The third-order valence-corrected chi connectivity index (χ3v) is 5.01. The third kappa shape index (κ3) is 2.86. The van der Waals surface area contributed by atoms with Crippen LogP contribution in [0.5, 0.6) is 5.75 Å². The van der Waals surface area contributed by atoms with Crippen molar-refractivity contribution in [1.82, 2.24) is 20.1 Å². The number of aryl methyl sites for hydroxylation is 2. The lowest BCUT2D eigenvalue weighted by Gasteiger charge is -2.29. The maximum Gasteiger partial charge on any atom is 0.227 e. The largest absolute Gasteiger partial charge is 0.492 e. The van der Waals surface area contributed by atoms with Crippen LogP contribution in [0.15, 0.2) is 18.2 Å². The first kappa shape index (κ1) is 15.4. The molecule has 126 valence electrons. The van der Waals surface area contributed by atoms with Crippen LogP contribution in [0, 0.1) is 12.8 Å². The second-order valence-electron chi connectivity index (χ2n) is 6.48. The average Bonchev–Trinajstić information content (AvgIpc) is 2.95. The molecule has 3 heterocycles. The molecule has 2 aliphatic rings. The molecule has 7 heteroatoms. The lowest BCUT2D eigenvalue weighted by Crippen LogP contribution is -2.46. The minimum absolute atomic E-state index is 0.0415. The number of carbonyl (C=O) groups excluding carboxylic acids is 1. The van der Waals surface area contributed by atoms with Gasteiger partial charge in [0, 0.05) is 24.0 Å². The van der Waals surface area contributed by atoms with Crippen molar-refractivity contribution >= 4 is 17.5 Å². The van der Waals surface area contributed by atoms with Crippen LogP contribution in [-0.4, -0.2) is 33.3 Å². The number of hydrogen-bond donors (Lipinski definition) is 1. The molecule has 0 bridgehead atoms. The molecule has 0 fully saturated rings. The molecule has 0 saturated carbocycles. The van der Waals surface area contributed by atoms with Crippen molar-refractivity contribution < 1.29 is 9.53 Å². The Balaban J connectivity index is 1.41. The zero-order chi connectivity index (χ0) is 16.7. The molecule has 0 aliphatic carbocycles. The highest BCUT2D eigenvalue weighted by Gasteiger charge is 2.29. The molecular weight excluding hydrogens is 328 g/mol. The molecule has 2 aliphatic heterocycles. The van der Waals surface area contributed by atoms with Crippen molar-refractivity contribution in [3.63, 3.8) is 0 Å². The van der Waals surface area contributed by atoms with Gasteiger partial charge in [0.2, 0.25) is 5.91 Å². The monoisotopic (exact) mass is 346 g/mol. The molecule has 2 unspecified atom stereocenters. The SMILES string of the molecule is Cc1nnc2n1CC(NC(=O)C1COc3ccc(Cl)cc3C1)CC2. The van der Waals surface area contributed by atoms with Crippen molar-refractivity contribution in [1.29, 1.82) is 0 Å². The van der Waals surface area contributed by atoms with Gasteiger partial charge in [-0.25, -0.2) is 0 Å². The van der Waals surface area contributed by atoms with Gasteiger partial charge in [0.25, 0.3) is 0 Å². The second-order valence-corrected chi connectivity index (χ2v) is 6.92. The Bertz CT molecular complexity index is 789. The molecule has 6 nitrogen and oxygen atoms in total. The third-order valence-electron chi connectivity index (χ3n) is 4.78. The highest BCUT2D eigenvalue weighted by atomic mass is 35.5. The first-order valence-electron chi connectivity index (χ1n) is 8.20. The van der Waals surface area contributed by atoms with Gasteiger partial charge in [0.15, 0.2) is 0 Å². The Hall–Kier alpha value is -2.08. The van der Waals surface area contributed by atoms with Gasteiger partial charge in [-0.15, -0.1) is 10.2 Å². The van der Waals surface area contributed by atoms with Crippen LogP contribution in [-0.2, 0) is 24.2 Å². The van der Waals surface area contributed by atoms with E-state index in [0.29, 0.717) is 18.1 Å². The standard InChI is InChI=1S/C17H19ClN4O2/c1-10-20-21-16-5-3-14(8-22(10)16)19-17(23)12-6-11-7-13(18)2-4-15(11)24-9-12/h2,4,7,12,14H,3,5-6,8-9H2,1H3,(H,19,23). The van der Waals surface area contributed by atoms with E-state index in [-0.39, 0.29) is 17.9 Å². The fourth-order valence-electron chi connectivity index (χ4n) is 3.43. The first-order chi connectivity index (χ1) is 11.6. The second kappa shape index (κ2) is 6.09. The molecule has 4 rings (SSSR count). The number of nitrogens with one attached hydrogen (secondary N) is 1. The van der Waals surface area contributed by atoms with Gasteiger partial charge in [0.1, 0.15) is 24.0 Å². The molecule has 24 heavy (non-hydrogen) atoms. The van der Waals surface area contributed by atoms with Gasteiger partial charge in [-0.1, -0.05) is 11.6 Å². The van der Waals surface area contributed by atoms with Crippen LogP contribution in [0.25, 0.3) is 0 Å². The Morgan fingerprint density at radius 2 is 2.29 bits per heavy atom. The molecule has 2 atom stereocenters. The lowest BCUT2D eigenvalue weighted by atomic mass is 9.95. The number of halogens is 1. The van der Waals surface area contributed by atoms with Crippen molar-refractivity contribution in [2.45, 2.75) is 38.8 Å². The minimum atomic E-state index is -0.181. The summed E-state index contributed by atoms with van der Waals surface area (Å²) in [5, 5.41) is 12.1. The number of rotatable bonds is 2. The summed E-state index contributed by atoms with van der Waals surface area (Å²) >= 11 is 6.04. The lowest BCUT2D eigenvalue weighted by molar-refractivity contribution is -0.127. The molecule has 0 radical (unpaired) electrons. The molecule has 0 spiro atoms. The zero-order valence-electron chi connectivity index (χ0n) is 13.5. The Morgan fingerprint density at radius 3 is 3.17 bits per heavy atom. The number of hydrogen-bond acceptors (Lipinski definition) is 4. The Morgan fingerprint density at radius 1 is 1.42 bits per heavy atom. The van der Waals surface area contributed by atoms with Crippen LogP contribution in [0.1, 0.15) is 23.6 Å². The van der Waals surface area contributed by atoms with Crippen molar-refractivity contribution in [2.24, 2.45) is 5.92 Å². The normalized spacial score (nSPS) is 22.2. The topological polar surface area (TPSA) is 69.0 Å². The van der Waals surface area contributed by atoms with Crippen LogP contribution >= 0.6 is 11.6 Å². The van der Waals surface area contributed by atoms with E-state index in [0.717, 1.165) is 42.3 Å². The number of ether oxygens (including phenoxy) is 1. The molecular formula is C17H19ClN4O2. The van der Waals surface area contributed by atoms with E-state index in [1.54, 1.807) is 0 Å². The van der Waals surface area contributed by atoms with E-state index in [1.807, 2.05) is 25.1 Å². The minimum Gasteiger partial charge on any atom is -0.492 e. The smallest absolute Gasteiger partial charge is 0.227 e. The van der Waals surface area contributed by atoms with Crippen LogP contribution in [0.2, 0.25) is 5.02 Å². The number of amides is 1. The maximum atomic E-state index is 12.6. The van der Waals surface area contributed by atoms with E-state index in [4.69, 9.17) is 16.3 Å². The quantitative estimate of drug-likeness (QED) is 0.902. The summed E-state index contributed by atoms with van der Waals surface area (Å²) in [4.78, 5) is 12.6. The summed E-state index contributed by atoms with van der Waals surface area (Å²) in [5.41, 5.74) is 0.995. The number of nitrogens with zero attached hydrogens (tertiary/aromatic N) is 3. The van der Waals surface area contributed by atoms with Gasteiger partial charge in [-0.3, -0.25) is 4.79 Å². The first-order valence-corrected chi connectivity index (χ1v) is 8.58. The molecule has 1 amide bonds. The van der Waals surface area contributed by atoms with Crippen molar-refractivity contribution in [3.8, 4) is 5.75 Å². The number of aromatic nitrogens is 3. The van der Waals surface area contributed by atoms with Gasteiger partial charge in [0.05, 0.1) is 5.92 Å². The van der Waals surface area contributed by atoms with E-state index >= 15 is 0 Å². The Labute approximate surface area is 145 Å². The highest BCUT2D eigenvalue weighted by molar-refractivity contribution is 6.30. The highest BCUT2D eigenvalue weighted by Crippen LogP contribution is 2.30. The zero-order valence-corrected chi connectivity index (χ0v) is 14.2. The predicted molar refractivity (Wildman–Crippen MR) is 89.2 cm³/mol. The summed E-state index contributed by atoms with van der Waals surface area (Å²) in [6.45, 7) is 3.08. The summed E-state index contributed by atoms with van der Waals surface area (Å²) in [6.07, 6.45) is 2.39. The predicted octanol–water partition coefficient (Wildman–Crippen LogP) is 1.92. The van der Waals surface area contributed by atoms with Crippen molar-refractivity contribution in [2.75, 3.05) is 6.61 Å². The molecule has 0 saturated heterocycles. The maximum absolute atomic E-state index is 12.6. The van der Waals surface area contributed by atoms with Crippen LogP contribution in [0.4, 0.5) is 0 Å². The van der Waals surface area contributed by atoms with E-state index in [9.17, 15) is 4.79 Å². The molecule has 2 aromatic rings. The summed E-state index contributed by atoms with van der Waals surface area (Å²) < 4.78 is 7.80. The van der Waals surface area contributed by atoms with E-state index < -0.39 is 0 Å². The average molecular weight is 347 g/mol. The fourth-order valence-corrected chi connectivity index (χ4v) is 3.63. The number of fused-ring (bicyclic) bond motifs is 2. The van der Waals surface area contributed by atoms with E-state index in [1.165, 1.54) is 0 Å². The van der Waals surface area contributed by atoms with Crippen molar-refractivity contribution in [3.05, 3.63) is 40.4 Å². The Kier molecular flexibility index (Phi) is 3.92. The number of benzene rings is 1. The number of carbonyl (C=O) groups is 1. The van der Waals surface area contributed by atoms with Crippen LogP contribution < -0.4 is 10.1 Å². The van der Waals surface area contributed by atoms with Gasteiger partial charge in [-0.05, 0) is 43.5 Å². The summed E-state index contributed by atoms with van der Waals surface area (Å²) in [6, 6.07) is 5.66.